The number of nitrogens with two attached hydrogens (primary N) is 1. The van der Waals surface area contributed by atoms with Gasteiger partial charge in [0, 0.05) is 17.8 Å². The van der Waals surface area contributed by atoms with Gasteiger partial charge < -0.3 is 11.1 Å². The van der Waals surface area contributed by atoms with Crippen molar-refractivity contribution in [3.05, 3.63) is 30.3 Å². The predicted octanol–water partition coefficient (Wildman–Crippen LogP) is 1.98. The van der Waals surface area contributed by atoms with E-state index in [1.807, 2.05) is 18.2 Å². The minimum atomic E-state index is 0.334. The van der Waals surface area contributed by atoms with Crippen molar-refractivity contribution >= 4 is 5.69 Å². The molecule has 0 unspecified atom stereocenters. The molecule has 70 valence electrons. The summed E-state index contributed by atoms with van der Waals surface area (Å²) in [6.45, 7) is 0. The second-order valence-corrected chi connectivity index (χ2v) is 3.71. The van der Waals surface area contributed by atoms with Crippen LogP contribution in [0.4, 0.5) is 5.69 Å². The lowest BCUT2D eigenvalue weighted by Gasteiger charge is -2.18. The average Bonchev–Trinajstić information content (AvgIpc) is 2.54. The first-order valence-corrected chi connectivity index (χ1v) is 4.93. The van der Waals surface area contributed by atoms with E-state index in [1.165, 1.54) is 18.5 Å². The molecule has 2 nitrogen and oxygen atoms in total. The highest BCUT2D eigenvalue weighted by Crippen LogP contribution is 2.21. The summed E-state index contributed by atoms with van der Waals surface area (Å²) >= 11 is 0. The van der Waals surface area contributed by atoms with Crippen molar-refractivity contribution in [1.29, 1.82) is 0 Å². The maximum atomic E-state index is 5.96. The highest BCUT2D eigenvalue weighted by atomic mass is 15.0. The molecule has 1 fully saturated rings. The first-order valence-electron chi connectivity index (χ1n) is 4.93. The van der Waals surface area contributed by atoms with Crippen LogP contribution in [0.15, 0.2) is 30.3 Å². The van der Waals surface area contributed by atoms with Crippen molar-refractivity contribution in [2.24, 2.45) is 5.73 Å². The lowest BCUT2D eigenvalue weighted by atomic mass is 10.2. The van der Waals surface area contributed by atoms with Gasteiger partial charge in [-0.15, -0.1) is 0 Å². The zero-order chi connectivity index (χ0) is 9.10. The van der Waals surface area contributed by atoms with Gasteiger partial charge in [-0.1, -0.05) is 18.2 Å². The van der Waals surface area contributed by atoms with Crippen LogP contribution in [0.1, 0.15) is 19.3 Å². The zero-order valence-corrected chi connectivity index (χ0v) is 7.74. The van der Waals surface area contributed by atoms with Crippen LogP contribution >= 0.6 is 0 Å². The minimum Gasteiger partial charge on any atom is -0.381 e. The fourth-order valence-corrected chi connectivity index (χ4v) is 1.92. The summed E-state index contributed by atoms with van der Waals surface area (Å²) < 4.78 is 0. The van der Waals surface area contributed by atoms with Crippen LogP contribution in [-0.2, 0) is 0 Å². The summed E-state index contributed by atoms with van der Waals surface area (Å²) in [6, 6.07) is 11.1. The largest absolute Gasteiger partial charge is 0.381 e. The molecule has 1 aliphatic rings. The Labute approximate surface area is 79.1 Å². The summed E-state index contributed by atoms with van der Waals surface area (Å²) in [5.74, 6) is 0. The van der Waals surface area contributed by atoms with Gasteiger partial charge in [0.15, 0.2) is 0 Å². The van der Waals surface area contributed by atoms with Gasteiger partial charge in [0.2, 0.25) is 0 Å². The lowest BCUT2D eigenvalue weighted by Crippen LogP contribution is -2.35. The van der Waals surface area contributed by atoms with Gasteiger partial charge in [0.05, 0.1) is 0 Å². The van der Waals surface area contributed by atoms with Crippen molar-refractivity contribution < 1.29 is 0 Å². The average molecular weight is 176 g/mol. The van der Waals surface area contributed by atoms with Gasteiger partial charge in [0.1, 0.15) is 0 Å². The number of rotatable bonds is 2. The topological polar surface area (TPSA) is 38.0 Å². The van der Waals surface area contributed by atoms with Crippen molar-refractivity contribution in [2.75, 3.05) is 5.32 Å². The highest BCUT2D eigenvalue weighted by molar-refractivity contribution is 5.43. The molecule has 1 saturated carbocycles. The van der Waals surface area contributed by atoms with Crippen molar-refractivity contribution in [3.8, 4) is 0 Å². The predicted molar refractivity (Wildman–Crippen MR) is 55.7 cm³/mol. The summed E-state index contributed by atoms with van der Waals surface area (Å²) in [6.07, 6.45) is 3.62. The van der Waals surface area contributed by atoms with Crippen LogP contribution in [0.5, 0.6) is 0 Å². The second-order valence-electron chi connectivity index (χ2n) is 3.71. The standard InChI is InChI=1S/C11H16N2/c12-10-7-4-8-11(10)13-9-5-2-1-3-6-9/h1-3,5-6,10-11,13H,4,7-8,12H2/t10-,11+/m1/s1. The number of para-hydroxylation sites is 1. The molecule has 0 heterocycles. The zero-order valence-electron chi connectivity index (χ0n) is 7.74. The molecule has 1 aromatic rings. The van der Waals surface area contributed by atoms with Crippen LogP contribution < -0.4 is 11.1 Å². The molecule has 0 radical (unpaired) electrons. The molecule has 2 rings (SSSR count). The molecule has 2 heteroatoms. The first kappa shape index (κ1) is 8.57. The Balaban J connectivity index is 1.98. The van der Waals surface area contributed by atoms with E-state index in [-0.39, 0.29) is 0 Å². The quantitative estimate of drug-likeness (QED) is 0.723. The fraction of sp³-hybridized carbons (Fsp3) is 0.455. The monoisotopic (exact) mass is 176 g/mol. The molecular weight excluding hydrogens is 160 g/mol. The van der Waals surface area contributed by atoms with Gasteiger partial charge >= 0.3 is 0 Å². The maximum Gasteiger partial charge on any atom is 0.0412 e. The molecular formula is C11H16N2. The van der Waals surface area contributed by atoms with E-state index in [9.17, 15) is 0 Å². The number of hydrogen-bond acceptors (Lipinski definition) is 2. The first-order chi connectivity index (χ1) is 6.36. The van der Waals surface area contributed by atoms with E-state index >= 15 is 0 Å². The number of nitrogens with one attached hydrogen (secondary N) is 1. The van der Waals surface area contributed by atoms with Crippen molar-refractivity contribution in [1.82, 2.24) is 0 Å². The Kier molecular flexibility index (Phi) is 2.50. The smallest absolute Gasteiger partial charge is 0.0412 e. The van der Waals surface area contributed by atoms with Crippen LogP contribution in [0.2, 0.25) is 0 Å². The fourth-order valence-electron chi connectivity index (χ4n) is 1.92. The lowest BCUT2D eigenvalue weighted by molar-refractivity contribution is 0.638. The molecule has 0 amide bonds. The normalized spacial score (nSPS) is 27.5. The second kappa shape index (κ2) is 3.79. The molecule has 3 N–H and O–H groups in total. The molecule has 0 spiro atoms. The number of hydrogen-bond donors (Lipinski definition) is 2. The summed E-state index contributed by atoms with van der Waals surface area (Å²) in [5, 5.41) is 3.47. The molecule has 13 heavy (non-hydrogen) atoms. The molecule has 0 aliphatic heterocycles. The summed E-state index contributed by atoms with van der Waals surface area (Å²) in [7, 11) is 0. The Hall–Kier alpha value is -1.02. The Morgan fingerprint density at radius 3 is 2.54 bits per heavy atom. The van der Waals surface area contributed by atoms with Crippen LogP contribution in [0.3, 0.4) is 0 Å². The third kappa shape index (κ3) is 2.01. The van der Waals surface area contributed by atoms with Gasteiger partial charge in [-0.25, -0.2) is 0 Å². The Morgan fingerprint density at radius 1 is 1.15 bits per heavy atom. The van der Waals surface area contributed by atoms with Crippen LogP contribution in [0, 0.1) is 0 Å². The number of anilines is 1. The van der Waals surface area contributed by atoms with E-state index in [0.717, 1.165) is 6.42 Å². The van der Waals surface area contributed by atoms with E-state index in [4.69, 9.17) is 5.73 Å². The maximum absolute atomic E-state index is 5.96. The Morgan fingerprint density at radius 2 is 1.92 bits per heavy atom. The van der Waals surface area contributed by atoms with Gasteiger partial charge in [0.25, 0.3) is 0 Å². The molecule has 0 saturated heterocycles. The van der Waals surface area contributed by atoms with Crippen molar-refractivity contribution in [2.45, 2.75) is 31.3 Å². The SMILES string of the molecule is N[C@@H]1CCC[C@@H]1Nc1ccccc1. The minimum absolute atomic E-state index is 0.334. The third-order valence-corrected chi connectivity index (χ3v) is 2.70. The number of benzene rings is 1. The molecule has 2 atom stereocenters. The summed E-state index contributed by atoms with van der Waals surface area (Å²) in [4.78, 5) is 0. The van der Waals surface area contributed by atoms with E-state index < -0.39 is 0 Å². The van der Waals surface area contributed by atoms with E-state index in [1.54, 1.807) is 0 Å². The molecule has 1 aromatic carbocycles. The summed E-state index contributed by atoms with van der Waals surface area (Å²) in [5.41, 5.74) is 7.15. The third-order valence-electron chi connectivity index (χ3n) is 2.70. The molecule has 0 bridgehead atoms. The van der Waals surface area contributed by atoms with E-state index in [2.05, 4.69) is 17.4 Å². The van der Waals surface area contributed by atoms with E-state index in [0.29, 0.717) is 12.1 Å². The Bertz CT molecular complexity index is 258. The molecule has 0 aromatic heterocycles. The van der Waals surface area contributed by atoms with Gasteiger partial charge in [-0.05, 0) is 31.4 Å². The van der Waals surface area contributed by atoms with Gasteiger partial charge in [-0.3, -0.25) is 0 Å². The van der Waals surface area contributed by atoms with Crippen LogP contribution in [-0.4, -0.2) is 12.1 Å². The van der Waals surface area contributed by atoms with Crippen LogP contribution in [0.25, 0.3) is 0 Å². The highest BCUT2D eigenvalue weighted by Gasteiger charge is 2.23. The molecule has 1 aliphatic carbocycles. The van der Waals surface area contributed by atoms with Gasteiger partial charge in [-0.2, -0.15) is 0 Å². The van der Waals surface area contributed by atoms with Crippen molar-refractivity contribution in [3.63, 3.8) is 0 Å².